The second kappa shape index (κ2) is 12.8. The van der Waals surface area contributed by atoms with E-state index in [0.29, 0.717) is 18.4 Å². The zero-order valence-electron chi connectivity index (χ0n) is 20.9. The van der Waals surface area contributed by atoms with Gasteiger partial charge >= 0.3 is 0 Å². The van der Waals surface area contributed by atoms with E-state index < -0.39 is 5.91 Å². The SMILES string of the molecule is N#CCC1CCC(NC(c2ccccc2)c2ccccc2)CC1.NC(=O)c1cn[nH]c1NC(=O)C1CC1. The van der Waals surface area contributed by atoms with Gasteiger partial charge in [-0.3, -0.25) is 14.7 Å². The van der Waals surface area contributed by atoms with Crippen LogP contribution in [0.1, 0.15) is 72.5 Å². The van der Waals surface area contributed by atoms with Gasteiger partial charge in [0.15, 0.2) is 0 Å². The van der Waals surface area contributed by atoms with E-state index in [9.17, 15) is 9.59 Å². The Kier molecular flexibility index (Phi) is 9.06. The number of aromatic nitrogens is 2. The summed E-state index contributed by atoms with van der Waals surface area (Å²) in [5.74, 6) is 0.278. The summed E-state index contributed by atoms with van der Waals surface area (Å²) in [4.78, 5) is 22.2. The largest absolute Gasteiger partial charge is 0.365 e. The highest BCUT2D eigenvalue weighted by Gasteiger charge is 2.30. The molecule has 3 aromatic rings. The van der Waals surface area contributed by atoms with Gasteiger partial charge in [0.1, 0.15) is 11.4 Å². The lowest BCUT2D eigenvalue weighted by atomic mass is 9.83. The first kappa shape index (κ1) is 26.1. The molecule has 2 aliphatic carbocycles. The summed E-state index contributed by atoms with van der Waals surface area (Å²) in [5.41, 5.74) is 7.92. The van der Waals surface area contributed by atoms with Crippen LogP contribution in [0, 0.1) is 23.2 Å². The summed E-state index contributed by atoms with van der Waals surface area (Å²) < 4.78 is 0. The molecule has 5 rings (SSSR count). The Balaban J connectivity index is 0.000000195. The standard InChI is InChI=1S/C21H24N2.C8H10N4O2/c22-16-15-17-11-13-20(14-12-17)23-21(18-7-3-1-4-8-18)19-9-5-2-6-10-19;9-6(13)5-3-10-12-7(5)11-8(14)4-1-2-4/h1-10,17,20-21,23H,11-15H2;3-4H,1-2H2,(H2,9,13)(H2,10,11,12,14). The molecule has 2 saturated carbocycles. The Morgan fingerprint density at radius 3 is 2.08 bits per heavy atom. The summed E-state index contributed by atoms with van der Waals surface area (Å²) in [6, 6.07) is 24.5. The van der Waals surface area contributed by atoms with E-state index in [1.165, 1.54) is 43.0 Å². The van der Waals surface area contributed by atoms with Crippen molar-refractivity contribution in [2.24, 2.45) is 17.6 Å². The number of carbonyl (C=O) groups excluding carboxylic acids is 2. The summed E-state index contributed by atoms with van der Waals surface area (Å²) in [6.07, 6.45) is 8.50. The fourth-order valence-corrected chi connectivity index (χ4v) is 4.71. The lowest BCUT2D eigenvalue weighted by Gasteiger charge is -2.32. The molecule has 2 fully saturated rings. The van der Waals surface area contributed by atoms with Crippen molar-refractivity contribution in [2.45, 2.75) is 57.0 Å². The maximum absolute atomic E-state index is 11.3. The van der Waals surface area contributed by atoms with Crippen LogP contribution in [0.5, 0.6) is 0 Å². The van der Waals surface area contributed by atoms with Crippen molar-refractivity contribution in [3.05, 3.63) is 83.6 Å². The van der Waals surface area contributed by atoms with E-state index >= 15 is 0 Å². The van der Waals surface area contributed by atoms with E-state index in [4.69, 9.17) is 11.0 Å². The number of nitriles is 1. The number of rotatable bonds is 8. The number of aromatic amines is 1. The van der Waals surface area contributed by atoms with Gasteiger partial charge in [-0.05, 0) is 55.6 Å². The predicted octanol–water partition coefficient (Wildman–Crippen LogP) is 4.70. The molecular formula is C29H34N6O2. The number of H-pyrrole nitrogens is 1. The molecule has 0 atom stereocenters. The van der Waals surface area contributed by atoms with Crippen molar-refractivity contribution in [1.29, 1.82) is 5.26 Å². The molecule has 0 unspecified atom stereocenters. The van der Waals surface area contributed by atoms with Crippen molar-refractivity contribution in [3.8, 4) is 6.07 Å². The van der Waals surface area contributed by atoms with Gasteiger partial charge in [-0.15, -0.1) is 0 Å². The van der Waals surface area contributed by atoms with Gasteiger partial charge in [0.2, 0.25) is 5.91 Å². The number of amides is 2. The zero-order valence-corrected chi connectivity index (χ0v) is 20.9. The molecule has 2 amide bonds. The monoisotopic (exact) mass is 498 g/mol. The van der Waals surface area contributed by atoms with E-state index in [1.807, 2.05) is 0 Å². The molecule has 2 aliphatic rings. The third-order valence-corrected chi connectivity index (χ3v) is 7.00. The van der Waals surface area contributed by atoms with E-state index in [2.05, 4.69) is 87.6 Å². The third-order valence-electron chi connectivity index (χ3n) is 7.00. The number of nitrogens with one attached hydrogen (secondary N) is 3. The number of anilines is 1. The molecule has 0 radical (unpaired) electrons. The third kappa shape index (κ3) is 7.51. The van der Waals surface area contributed by atoms with Crippen LogP contribution in [0.2, 0.25) is 0 Å². The van der Waals surface area contributed by atoms with Gasteiger partial charge in [-0.25, -0.2) is 0 Å². The smallest absolute Gasteiger partial charge is 0.254 e. The number of primary amides is 1. The van der Waals surface area contributed by atoms with E-state index in [1.54, 1.807) is 0 Å². The summed E-state index contributed by atoms with van der Waals surface area (Å²) in [6.45, 7) is 0. The second-order valence-corrected chi connectivity index (χ2v) is 9.79. The molecule has 1 aromatic heterocycles. The summed E-state index contributed by atoms with van der Waals surface area (Å²) in [7, 11) is 0. The van der Waals surface area contributed by atoms with Gasteiger partial charge in [0.05, 0.1) is 18.3 Å². The topological polar surface area (TPSA) is 137 Å². The second-order valence-electron chi connectivity index (χ2n) is 9.79. The fraction of sp³-hybridized carbons (Fsp3) is 0.379. The molecule has 5 N–H and O–H groups in total. The minimum Gasteiger partial charge on any atom is -0.365 e. The normalized spacial score (nSPS) is 18.8. The highest BCUT2D eigenvalue weighted by molar-refractivity contribution is 6.02. The average Bonchev–Trinajstić information content (AvgIpc) is 3.68. The molecule has 192 valence electrons. The quantitative estimate of drug-likeness (QED) is 0.357. The molecular weight excluding hydrogens is 464 g/mol. The molecule has 8 nitrogen and oxygen atoms in total. The molecule has 0 spiro atoms. The Bertz CT molecular complexity index is 1150. The van der Waals surface area contributed by atoms with Crippen LogP contribution in [0.3, 0.4) is 0 Å². The Hall–Kier alpha value is -3.96. The molecule has 37 heavy (non-hydrogen) atoms. The predicted molar refractivity (Wildman–Crippen MR) is 142 cm³/mol. The van der Waals surface area contributed by atoms with Gasteiger partial charge in [0, 0.05) is 18.4 Å². The van der Waals surface area contributed by atoms with Crippen molar-refractivity contribution in [2.75, 3.05) is 5.32 Å². The maximum Gasteiger partial charge on any atom is 0.254 e. The number of hydrogen-bond donors (Lipinski definition) is 4. The lowest BCUT2D eigenvalue weighted by Crippen LogP contribution is -2.36. The maximum atomic E-state index is 11.3. The van der Waals surface area contributed by atoms with Gasteiger partial charge in [-0.1, -0.05) is 60.7 Å². The number of benzene rings is 2. The number of nitrogens with two attached hydrogens (primary N) is 1. The zero-order chi connectivity index (χ0) is 26.0. The first-order chi connectivity index (χ1) is 18.0. The van der Waals surface area contributed by atoms with Crippen LogP contribution in [0.4, 0.5) is 5.82 Å². The molecule has 1 heterocycles. The first-order valence-corrected chi connectivity index (χ1v) is 12.9. The van der Waals surface area contributed by atoms with Crippen LogP contribution >= 0.6 is 0 Å². The van der Waals surface area contributed by atoms with Crippen molar-refractivity contribution >= 4 is 17.6 Å². The highest BCUT2D eigenvalue weighted by Crippen LogP contribution is 2.31. The molecule has 0 saturated heterocycles. The van der Waals surface area contributed by atoms with Crippen LogP contribution in [0.15, 0.2) is 66.9 Å². The first-order valence-electron chi connectivity index (χ1n) is 12.9. The Morgan fingerprint density at radius 1 is 0.973 bits per heavy atom. The number of hydrogen-bond acceptors (Lipinski definition) is 5. The Labute approximate surface area is 217 Å². The molecule has 0 bridgehead atoms. The van der Waals surface area contributed by atoms with Crippen molar-refractivity contribution < 1.29 is 9.59 Å². The van der Waals surface area contributed by atoms with Crippen LogP contribution in [-0.4, -0.2) is 28.1 Å². The summed E-state index contributed by atoms with van der Waals surface area (Å²) in [5, 5.41) is 21.5. The minimum atomic E-state index is -0.607. The highest BCUT2D eigenvalue weighted by atomic mass is 16.2. The van der Waals surface area contributed by atoms with E-state index in [-0.39, 0.29) is 29.2 Å². The molecule has 2 aromatic carbocycles. The van der Waals surface area contributed by atoms with Gasteiger partial charge < -0.3 is 16.4 Å². The molecule has 8 heteroatoms. The van der Waals surface area contributed by atoms with Crippen molar-refractivity contribution in [3.63, 3.8) is 0 Å². The summed E-state index contributed by atoms with van der Waals surface area (Å²) >= 11 is 0. The molecule has 0 aliphatic heterocycles. The fourth-order valence-electron chi connectivity index (χ4n) is 4.71. The van der Waals surface area contributed by atoms with Crippen molar-refractivity contribution in [1.82, 2.24) is 15.5 Å². The number of nitrogens with zero attached hydrogens (tertiary/aromatic N) is 2. The minimum absolute atomic E-state index is 0.0824. The Morgan fingerprint density at radius 2 is 1.57 bits per heavy atom. The van der Waals surface area contributed by atoms with E-state index in [0.717, 1.165) is 12.8 Å². The van der Waals surface area contributed by atoms with Crippen LogP contribution in [0.25, 0.3) is 0 Å². The van der Waals surface area contributed by atoms with Gasteiger partial charge in [-0.2, -0.15) is 10.4 Å². The number of carbonyl (C=O) groups is 2. The van der Waals surface area contributed by atoms with Gasteiger partial charge in [0.25, 0.3) is 5.91 Å². The van der Waals surface area contributed by atoms with Crippen LogP contribution in [-0.2, 0) is 4.79 Å². The lowest BCUT2D eigenvalue weighted by molar-refractivity contribution is -0.117. The van der Waals surface area contributed by atoms with Crippen LogP contribution < -0.4 is 16.4 Å². The average molecular weight is 499 g/mol.